The monoisotopic (exact) mass is 982 g/mol. The average molecular weight is 983 g/mol. The molecule has 0 amide bonds. The maximum atomic E-state index is 4.06. The molecule has 1 aliphatic carbocycles. The molecule has 1 N–H and O–H groups in total. The summed E-state index contributed by atoms with van der Waals surface area (Å²) in [5.41, 5.74) is 21.7. The maximum absolute atomic E-state index is 4.06. The van der Waals surface area contributed by atoms with E-state index in [1.807, 2.05) is 0 Å². The van der Waals surface area contributed by atoms with Crippen LogP contribution in [-0.2, 0) is 5.41 Å². The summed E-state index contributed by atoms with van der Waals surface area (Å²) >= 11 is 0. The van der Waals surface area contributed by atoms with Gasteiger partial charge in [0, 0.05) is 44.6 Å². The topological polar surface area (TPSA) is 15.3 Å². The smallest absolute Gasteiger partial charge is 0.0549 e. The number of nitrogens with zero attached hydrogens (tertiary/aromatic N) is 1. The van der Waals surface area contributed by atoms with E-state index in [2.05, 4.69) is 309 Å². The van der Waals surface area contributed by atoms with Crippen LogP contribution < -0.4 is 10.2 Å². The van der Waals surface area contributed by atoms with E-state index in [9.17, 15) is 0 Å². The van der Waals surface area contributed by atoms with E-state index in [1.54, 1.807) is 0 Å². The minimum Gasteiger partial charge on any atom is -0.354 e. The van der Waals surface area contributed by atoms with E-state index in [0.29, 0.717) is 0 Å². The molecular weight excluding hydrogens is 929 g/mol. The molecule has 0 aromatic heterocycles. The van der Waals surface area contributed by atoms with Crippen molar-refractivity contribution >= 4 is 60.8 Å². The van der Waals surface area contributed by atoms with E-state index in [4.69, 9.17) is 0 Å². The number of anilines is 5. The van der Waals surface area contributed by atoms with Gasteiger partial charge in [-0.25, -0.2) is 0 Å². The summed E-state index contributed by atoms with van der Waals surface area (Å²) in [5.74, 6) is 0. The maximum Gasteiger partial charge on any atom is 0.0549 e. The Hall–Kier alpha value is -9.76. The highest BCUT2D eigenvalue weighted by Crippen LogP contribution is 2.56. The van der Waals surface area contributed by atoms with Gasteiger partial charge in [-0.05, 0) is 137 Å². The molecule has 0 atom stereocenters. The molecule has 0 unspecified atom stereocenters. The molecule has 0 heterocycles. The van der Waals surface area contributed by atoms with Gasteiger partial charge in [0.25, 0.3) is 0 Å². The first kappa shape index (κ1) is 45.8. The zero-order valence-corrected chi connectivity index (χ0v) is 43.1. The molecule has 0 saturated heterocycles. The van der Waals surface area contributed by atoms with Crippen molar-refractivity contribution in [1.29, 1.82) is 0 Å². The summed E-state index contributed by atoms with van der Waals surface area (Å²) in [4.78, 5) is 2.57. The predicted molar refractivity (Wildman–Crippen MR) is 328 cm³/mol. The van der Waals surface area contributed by atoms with Crippen LogP contribution in [0.5, 0.6) is 0 Å². The fourth-order valence-electron chi connectivity index (χ4n) is 12.4. The highest BCUT2D eigenvalue weighted by molar-refractivity contribution is 6.30. The van der Waals surface area contributed by atoms with E-state index in [-0.39, 0.29) is 5.41 Å². The molecule has 2 nitrogen and oxygen atoms in total. The Morgan fingerprint density at radius 3 is 1.39 bits per heavy atom. The Morgan fingerprint density at radius 2 is 0.766 bits per heavy atom. The van der Waals surface area contributed by atoms with Gasteiger partial charge in [0.05, 0.1) is 11.4 Å². The molecule has 13 aromatic carbocycles. The second-order valence-electron chi connectivity index (χ2n) is 20.8. The first-order valence-corrected chi connectivity index (χ1v) is 26.7. The van der Waals surface area contributed by atoms with E-state index < -0.39 is 0 Å². The van der Waals surface area contributed by atoms with Crippen LogP contribution in [-0.4, -0.2) is 0 Å². The van der Waals surface area contributed by atoms with E-state index in [1.165, 1.54) is 54.6 Å². The average Bonchev–Trinajstić information content (AvgIpc) is 3.79. The van der Waals surface area contributed by atoms with Gasteiger partial charge in [-0.15, -0.1) is 0 Å². The van der Waals surface area contributed by atoms with Crippen molar-refractivity contribution in [1.82, 2.24) is 0 Å². The number of fused-ring (bicyclic) bond motifs is 9. The van der Waals surface area contributed by atoms with Crippen molar-refractivity contribution in [3.8, 4) is 66.8 Å². The van der Waals surface area contributed by atoms with Crippen molar-refractivity contribution in [3.05, 3.63) is 296 Å². The van der Waals surface area contributed by atoms with Gasteiger partial charge < -0.3 is 10.2 Å². The quantitative estimate of drug-likeness (QED) is 0.137. The number of rotatable bonds is 10. The Bertz CT molecular complexity index is 4260. The lowest BCUT2D eigenvalue weighted by Crippen LogP contribution is -2.17. The molecule has 14 rings (SSSR count). The van der Waals surface area contributed by atoms with Crippen LogP contribution in [0.3, 0.4) is 0 Å². The minimum absolute atomic E-state index is 0.234. The zero-order valence-electron chi connectivity index (χ0n) is 43.1. The van der Waals surface area contributed by atoms with E-state index >= 15 is 0 Å². The first-order chi connectivity index (χ1) is 38.0. The number of hydrogen-bond donors (Lipinski definition) is 1. The summed E-state index contributed by atoms with van der Waals surface area (Å²) in [6.45, 7) is 4.77. The van der Waals surface area contributed by atoms with Crippen LogP contribution in [0.15, 0.2) is 285 Å². The van der Waals surface area contributed by atoms with Gasteiger partial charge in [-0.2, -0.15) is 0 Å². The van der Waals surface area contributed by atoms with Gasteiger partial charge in [-0.1, -0.05) is 250 Å². The van der Waals surface area contributed by atoms with Gasteiger partial charge in [0.2, 0.25) is 0 Å². The molecule has 0 fully saturated rings. The molecule has 77 heavy (non-hydrogen) atoms. The Kier molecular flexibility index (Phi) is 11.2. The summed E-state index contributed by atoms with van der Waals surface area (Å²) in [5, 5.41) is 11.4. The fraction of sp³-hybridized carbons (Fsp3) is 0.0400. The molecular formula is C75H54N2. The standard InChI is InChI=1S/C75H54N2/c1-75(2)68-39-23-22-37-63(68)64-41-40-57(49-69(64)75)77(58-47-54(50-24-8-3-9-25-50)46-55(48-58)51-26-10-4-11-27-51)70-45-44-66-62-36-19-18-34-60(62)61-35-20-21-38-65(61)72(66)73(70)67-43-42-59(52-28-12-5-13-29-52)74(76-56-32-16-7-17-33-56)71(67)53-30-14-6-15-31-53/h3-49,76H,1-2H3. The highest BCUT2D eigenvalue weighted by Gasteiger charge is 2.36. The first-order valence-electron chi connectivity index (χ1n) is 26.7. The molecule has 2 heteroatoms. The Labute approximate surface area is 450 Å². The number of para-hydroxylation sites is 1. The lowest BCUT2D eigenvalue weighted by Gasteiger charge is -2.32. The molecule has 0 aliphatic heterocycles. The molecule has 364 valence electrons. The number of benzene rings is 13. The summed E-state index contributed by atoms with van der Waals surface area (Å²) in [6.07, 6.45) is 0. The van der Waals surface area contributed by atoms with Crippen LogP contribution in [0.4, 0.5) is 28.4 Å². The summed E-state index contributed by atoms with van der Waals surface area (Å²) < 4.78 is 0. The molecule has 0 bridgehead atoms. The summed E-state index contributed by atoms with van der Waals surface area (Å²) in [6, 6.07) is 105. The zero-order chi connectivity index (χ0) is 51.5. The second-order valence-corrected chi connectivity index (χ2v) is 20.8. The number of hydrogen-bond acceptors (Lipinski definition) is 2. The molecule has 0 radical (unpaired) electrons. The largest absolute Gasteiger partial charge is 0.354 e. The van der Waals surface area contributed by atoms with Gasteiger partial charge in [0.1, 0.15) is 0 Å². The molecule has 0 saturated carbocycles. The van der Waals surface area contributed by atoms with Crippen LogP contribution in [0, 0.1) is 0 Å². The lowest BCUT2D eigenvalue weighted by molar-refractivity contribution is 0.660. The van der Waals surface area contributed by atoms with Crippen LogP contribution in [0.1, 0.15) is 25.0 Å². The van der Waals surface area contributed by atoms with Crippen molar-refractivity contribution in [2.45, 2.75) is 19.3 Å². The van der Waals surface area contributed by atoms with E-state index in [0.717, 1.165) is 84.1 Å². The highest BCUT2D eigenvalue weighted by atomic mass is 15.1. The van der Waals surface area contributed by atoms with Gasteiger partial charge >= 0.3 is 0 Å². The Morgan fingerprint density at radius 1 is 0.299 bits per heavy atom. The minimum atomic E-state index is -0.234. The third-order valence-corrected chi connectivity index (χ3v) is 16.0. The molecule has 1 aliphatic rings. The van der Waals surface area contributed by atoms with Crippen LogP contribution in [0.2, 0.25) is 0 Å². The normalized spacial score (nSPS) is 12.4. The third-order valence-electron chi connectivity index (χ3n) is 16.0. The summed E-state index contributed by atoms with van der Waals surface area (Å²) in [7, 11) is 0. The molecule has 13 aromatic rings. The lowest BCUT2D eigenvalue weighted by atomic mass is 9.82. The molecule has 0 spiro atoms. The SMILES string of the molecule is CC1(C)c2ccccc2-c2ccc(N(c3cc(-c4ccccc4)cc(-c4ccccc4)c3)c3ccc4c5ccccc5c5ccccc5c4c3-c3ccc(-c4ccccc4)c(Nc4ccccc4)c3-c3ccccc3)cc21. The van der Waals surface area contributed by atoms with Crippen LogP contribution >= 0.6 is 0 Å². The second kappa shape index (κ2) is 18.9. The van der Waals surface area contributed by atoms with Gasteiger partial charge in [0.15, 0.2) is 0 Å². The number of nitrogens with one attached hydrogen (secondary N) is 1. The third kappa shape index (κ3) is 7.88. The van der Waals surface area contributed by atoms with Crippen molar-refractivity contribution in [2.75, 3.05) is 10.2 Å². The van der Waals surface area contributed by atoms with Crippen LogP contribution in [0.25, 0.3) is 99.1 Å². The predicted octanol–water partition coefficient (Wildman–Crippen LogP) is 21.0. The van der Waals surface area contributed by atoms with Gasteiger partial charge in [-0.3, -0.25) is 0 Å². The fourth-order valence-corrected chi connectivity index (χ4v) is 12.4. The van der Waals surface area contributed by atoms with Crippen molar-refractivity contribution < 1.29 is 0 Å². The Balaban J connectivity index is 1.17. The van der Waals surface area contributed by atoms with Crippen molar-refractivity contribution in [2.24, 2.45) is 0 Å². The van der Waals surface area contributed by atoms with Crippen molar-refractivity contribution in [3.63, 3.8) is 0 Å².